The van der Waals surface area contributed by atoms with Crippen molar-refractivity contribution in [1.82, 2.24) is 20.0 Å². The Bertz CT molecular complexity index is 1090. The van der Waals surface area contributed by atoms with Crippen molar-refractivity contribution in [2.75, 3.05) is 26.3 Å². The Hall–Kier alpha value is -3.03. The molecule has 0 atom stereocenters. The third kappa shape index (κ3) is 4.45. The second kappa shape index (κ2) is 9.22. The Labute approximate surface area is 187 Å². The number of amides is 1. The fraction of sp³-hybridized carbons (Fsp3) is 0.360. The molecule has 2 heterocycles. The molecule has 1 fully saturated rings. The summed E-state index contributed by atoms with van der Waals surface area (Å²) in [6.45, 7) is 4.90. The molecule has 1 aliphatic carbocycles. The highest BCUT2D eigenvalue weighted by atomic mass is 19.1. The molecule has 1 aromatic heterocycles. The topological polar surface area (TPSA) is 59.4 Å². The van der Waals surface area contributed by atoms with Crippen LogP contribution in [0.15, 0.2) is 48.5 Å². The van der Waals surface area contributed by atoms with Crippen molar-refractivity contribution < 1.29 is 13.9 Å². The van der Waals surface area contributed by atoms with Gasteiger partial charge >= 0.3 is 0 Å². The maximum absolute atomic E-state index is 13.3. The molecule has 0 unspecified atom stereocenters. The lowest BCUT2D eigenvalue weighted by Crippen LogP contribution is -2.35. The fourth-order valence-electron chi connectivity index (χ4n) is 4.46. The summed E-state index contributed by atoms with van der Waals surface area (Å²) in [4.78, 5) is 15.3. The number of nitrogens with zero attached hydrogens (tertiary/aromatic N) is 3. The molecule has 6 nitrogen and oxygen atoms in total. The third-order valence-corrected chi connectivity index (χ3v) is 6.20. The van der Waals surface area contributed by atoms with E-state index in [-0.39, 0.29) is 11.7 Å². The number of ether oxygens (including phenoxy) is 1. The van der Waals surface area contributed by atoms with Gasteiger partial charge in [0.2, 0.25) is 0 Å². The smallest absolute Gasteiger partial charge is 0.272 e. The first-order valence-corrected chi connectivity index (χ1v) is 11.2. The quantitative estimate of drug-likeness (QED) is 0.647. The number of carbonyl (C=O) groups is 1. The molecule has 0 radical (unpaired) electrons. The zero-order valence-corrected chi connectivity index (χ0v) is 18.0. The molecule has 1 saturated heterocycles. The van der Waals surface area contributed by atoms with Crippen molar-refractivity contribution in [1.29, 1.82) is 0 Å². The van der Waals surface area contributed by atoms with Crippen LogP contribution in [-0.4, -0.2) is 46.9 Å². The number of benzene rings is 2. The summed E-state index contributed by atoms with van der Waals surface area (Å²) >= 11 is 0. The van der Waals surface area contributed by atoms with Gasteiger partial charge in [0, 0.05) is 37.4 Å². The summed E-state index contributed by atoms with van der Waals surface area (Å²) < 4.78 is 20.5. The van der Waals surface area contributed by atoms with Gasteiger partial charge in [0.05, 0.1) is 18.9 Å². The number of fused-ring (bicyclic) bond motifs is 1. The van der Waals surface area contributed by atoms with Crippen molar-refractivity contribution >= 4 is 5.91 Å². The Balaban J connectivity index is 1.24. The van der Waals surface area contributed by atoms with Crippen LogP contribution in [0.5, 0.6) is 0 Å². The molecule has 1 N–H and O–H groups in total. The Morgan fingerprint density at radius 1 is 1.00 bits per heavy atom. The van der Waals surface area contributed by atoms with Crippen molar-refractivity contribution in [3.05, 3.63) is 82.4 Å². The summed E-state index contributed by atoms with van der Waals surface area (Å²) in [6, 6.07) is 14.6. The summed E-state index contributed by atoms with van der Waals surface area (Å²) in [5, 5.41) is 7.61. The van der Waals surface area contributed by atoms with Gasteiger partial charge in [-0.15, -0.1) is 0 Å². The van der Waals surface area contributed by atoms with E-state index < -0.39 is 0 Å². The number of hydrogen-bond acceptors (Lipinski definition) is 4. The lowest BCUT2D eigenvalue weighted by molar-refractivity contribution is 0.0342. The summed E-state index contributed by atoms with van der Waals surface area (Å²) in [5.41, 5.74) is 5.63. The summed E-state index contributed by atoms with van der Waals surface area (Å²) in [6.07, 6.45) is 2.71. The molecule has 0 bridgehead atoms. The largest absolute Gasteiger partial charge is 0.379 e. The van der Waals surface area contributed by atoms with E-state index in [1.165, 1.54) is 17.7 Å². The van der Waals surface area contributed by atoms with Gasteiger partial charge in [0.15, 0.2) is 5.69 Å². The van der Waals surface area contributed by atoms with Gasteiger partial charge in [-0.1, -0.05) is 24.3 Å². The van der Waals surface area contributed by atoms with Crippen LogP contribution in [-0.2, 0) is 30.7 Å². The monoisotopic (exact) mass is 434 g/mol. The molecule has 7 heteroatoms. The van der Waals surface area contributed by atoms with Crippen molar-refractivity contribution in [2.45, 2.75) is 32.4 Å². The molecule has 0 saturated carbocycles. The molecule has 3 aromatic rings. The normalized spacial score (nSPS) is 16.2. The van der Waals surface area contributed by atoms with E-state index in [2.05, 4.69) is 39.6 Å². The molecule has 32 heavy (non-hydrogen) atoms. The molecule has 166 valence electrons. The highest BCUT2D eigenvalue weighted by Crippen LogP contribution is 2.28. The van der Waals surface area contributed by atoms with E-state index in [0.29, 0.717) is 12.2 Å². The number of halogens is 1. The molecule has 5 rings (SSSR count). The maximum atomic E-state index is 13.3. The van der Waals surface area contributed by atoms with Gasteiger partial charge in [-0.3, -0.25) is 9.69 Å². The lowest BCUT2D eigenvalue weighted by Gasteiger charge is -2.26. The van der Waals surface area contributed by atoms with E-state index in [4.69, 9.17) is 4.74 Å². The highest BCUT2D eigenvalue weighted by molar-refractivity contribution is 5.94. The lowest BCUT2D eigenvalue weighted by atomic mass is 10.1. The zero-order chi connectivity index (χ0) is 21.9. The SMILES string of the molecule is O=C(NCc1ccc(CN2CCOCC2)cc1)c1nn(-c2ccc(F)cc2)c2c1CCC2. The van der Waals surface area contributed by atoms with E-state index in [1.807, 2.05) is 0 Å². The van der Waals surface area contributed by atoms with Crippen LogP contribution in [0.3, 0.4) is 0 Å². The summed E-state index contributed by atoms with van der Waals surface area (Å²) in [7, 11) is 0. The van der Waals surface area contributed by atoms with Gasteiger partial charge in [-0.25, -0.2) is 9.07 Å². The summed E-state index contributed by atoms with van der Waals surface area (Å²) in [5.74, 6) is -0.451. The molecule has 2 aromatic carbocycles. The molecule has 2 aliphatic rings. The number of rotatable bonds is 6. The minimum Gasteiger partial charge on any atom is -0.379 e. The number of carbonyl (C=O) groups excluding carboxylic acids is 1. The van der Waals surface area contributed by atoms with E-state index in [1.54, 1.807) is 16.8 Å². The van der Waals surface area contributed by atoms with E-state index in [0.717, 1.165) is 74.6 Å². The average Bonchev–Trinajstić information content (AvgIpc) is 3.43. The van der Waals surface area contributed by atoms with Crippen molar-refractivity contribution in [3.63, 3.8) is 0 Å². The van der Waals surface area contributed by atoms with Crippen LogP contribution in [0, 0.1) is 5.82 Å². The van der Waals surface area contributed by atoms with Gasteiger partial charge in [-0.2, -0.15) is 5.10 Å². The fourth-order valence-corrected chi connectivity index (χ4v) is 4.46. The maximum Gasteiger partial charge on any atom is 0.272 e. The van der Waals surface area contributed by atoms with Crippen LogP contribution < -0.4 is 5.32 Å². The number of aromatic nitrogens is 2. The second-order valence-corrected chi connectivity index (χ2v) is 8.40. The number of nitrogens with one attached hydrogen (secondary N) is 1. The first-order chi connectivity index (χ1) is 15.7. The number of hydrogen-bond donors (Lipinski definition) is 1. The van der Waals surface area contributed by atoms with E-state index in [9.17, 15) is 9.18 Å². The molecular formula is C25H27FN4O2. The molecular weight excluding hydrogens is 407 g/mol. The Morgan fingerprint density at radius 3 is 2.47 bits per heavy atom. The van der Waals surface area contributed by atoms with Crippen molar-refractivity contribution in [3.8, 4) is 5.69 Å². The van der Waals surface area contributed by atoms with Crippen LogP contribution >= 0.6 is 0 Å². The third-order valence-electron chi connectivity index (χ3n) is 6.20. The van der Waals surface area contributed by atoms with Crippen molar-refractivity contribution in [2.24, 2.45) is 0 Å². The predicted octanol–water partition coefficient (Wildman–Crippen LogP) is 3.26. The second-order valence-electron chi connectivity index (χ2n) is 8.40. The van der Waals surface area contributed by atoms with Gasteiger partial charge in [0.25, 0.3) is 5.91 Å². The first kappa shape index (κ1) is 20.8. The molecule has 1 amide bonds. The predicted molar refractivity (Wildman–Crippen MR) is 119 cm³/mol. The van der Waals surface area contributed by atoms with Gasteiger partial charge < -0.3 is 10.1 Å². The van der Waals surface area contributed by atoms with Crippen LogP contribution in [0.1, 0.15) is 39.3 Å². The van der Waals surface area contributed by atoms with Gasteiger partial charge in [0.1, 0.15) is 5.82 Å². The average molecular weight is 435 g/mol. The Kier molecular flexibility index (Phi) is 6.01. The molecule has 0 spiro atoms. The minimum atomic E-state index is -0.286. The highest BCUT2D eigenvalue weighted by Gasteiger charge is 2.26. The standard InChI is InChI=1S/C25H27FN4O2/c26-20-8-10-21(11-9-20)30-23-3-1-2-22(23)24(28-30)25(31)27-16-18-4-6-19(7-5-18)17-29-12-14-32-15-13-29/h4-11H,1-3,12-17H2,(H,27,31). The number of morpholine rings is 1. The minimum absolute atomic E-state index is 0.165. The van der Waals surface area contributed by atoms with E-state index >= 15 is 0 Å². The first-order valence-electron chi connectivity index (χ1n) is 11.2. The van der Waals surface area contributed by atoms with Crippen LogP contribution in [0.2, 0.25) is 0 Å². The van der Waals surface area contributed by atoms with Crippen LogP contribution in [0.4, 0.5) is 4.39 Å². The Morgan fingerprint density at radius 2 is 1.72 bits per heavy atom. The van der Waals surface area contributed by atoms with Gasteiger partial charge in [-0.05, 0) is 54.7 Å². The van der Waals surface area contributed by atoms with Crippen LogP contribution in [0.25, 0.3) is 5.69 Å². The zero-order valence-electron chi connectivity index (χ0n) is 18.0. The molecule has 1 aliphatic heterocycles.